The van der Waals surface area contributed by atoms with Crippen molar-refractivity contribution in [2.24, 2.45) is 33.4 Å². The van der Waals surface area contributed by atoms with E-state index in [1.54, 1.807) is 0 Å². The van der Waals surface area contributed by atoms with Gasteiger partial charge in [0.05, 0.1) is 11.7 Å². The average Bonchev–Trinajstić information content (AvgIpc) is 2.51. The van der Waals surface area contributed by atoms with Gasteiger partial charge in [-0.05, 0) is 80.8 Å². The standard InChI is InChI=1S/C20H30N4/c1-13(20-10-14-7-15(11-20)9-16(8-14)12-20)21-23-18-6-5-17(22-24-18)19(2,3)4/h5-6,13-16H,7-12H2,1-4H3. The maximum Gasteiger partial charge on any atom is 0.195 e. The molecule has 0 radical (unpaired) electrons. The zero-order chi connectivity index (χ0) is 16.9. The molecule has 1 atom stereocenters. The first-order chi connectivity index (χ1) is 11.3. The molecule has 130 valence electrons. The molecule has 5 rings (SSSR count). The summed E-state index contributed by atoms with van der Waals surface area (Å²) in [5, 5.41) is 17.7. The minimum atomic E-state index is 0.0230. The lowest BCUT2D eigenvalue weighted by Crippen LogP contribution is -2.50. The highest BCUT2D eigenvalue weighted by atomic mass is 15.2. The van der Waals surface area contributed by atoms with Crippen LogP contribution in [0.2, 0.25) is 0 Å². The molecule has 1 aromatic heterocycles. The van der Waals surface area contributed by atoms with Crippen molar-refractivity contribution in [1.29, 1.82) is 0 Å². The van der Waals surface area contributed by atoms with E-state index < -0.39 is 0 Å². The molecule has 4 aliphatic carbocycles. The van der Waals surface area contributed by atoms with Crippen LogP contribution in [0.25, 0.3) is 0 Å². The van der Waals surface area contributed by atoms with Crippen LogP contribution in [-0.2, 0) is 5.41 Å². The third-order valence-corrected chi connectivity index (χ3v) is 6.72. The van der Waals surface area contributed by atoms with E-state index in [1.165, 1.54) is 38.5 Å². The van der Waals surface area contributed by atoms with E-state index >= 15 is 0 Å². The lowest BCUT2D eigenvalue weighted by Gasteiger charge is -2.58. The Morgan fingerprint density at radius 2 is 1.58 bits per heavy atom. The molecule has 24 heavy (non-hydrogen) atoms. The summed E-state index contributed by atoms with van der Waals surface area (Å²) >= 11 is 0. The Labute approximate surface area is 145 Å². The van der Waals surface area contributed by atoms with Crippen LogP contribution in [0.5, 0.6) is 0 Å². The van der Waals surface area contributed by atoms with Gasteiger partial charge in [-0.2, -0.15) is 10.2 Å². The molecule has 1 heterocycles. The molecule has 0 aliphatic heterocycles. The normalized spacial score (nSPS) is 36.4. The van der Waals surface area contributed by atoms with Crippen LogP contribution in [-0.4, -0.2) is 16.2 Å². The molecule has 4 nitrogen and oxygen atoms in total. The summed E-state index contributed by atoms with van der Waals surface area (Å²) < 4.78 is 0. The molecule has 0 N–H and O–H groups in total. The third-order valence-electron chi connectivity index (χ3n) is 6.72. The predicted octanol–water partition coefficient (Wildman–Crippen LogP) is 5.46. The number of rotatable bonds is 3. The zero-order valence-electron chi connectivity index (χ0n) is 15.5. The fourth-order valence-electron chi connectivity index (χ4n) is 5.74. The Bertz CT molecular complexity index is 591. The first-order valence-electron chi connectivity index (χ1n) is 9.59. The minimum Gasteiger partial charge on any atom is -0.183 e. The van der Waals surface area contributed by atoms with Crippen molar-refractivity contribution in [2.75, 3.05) is 0 Å². The molecular formula is C20H30N4. The van der Waals surface area contributed by atoms with Crippen molar-refractivity contribution >= 4 is 5.82 Å². The summed E-state index contributed by atoms with van der Waals surface area (Å²) in [7, 11) is 0. The maximum atomic E-state index is 4.70. The largest absolute Gasteiger partial charge is 0.195 e. The van der Waals surface area contributed by atoms with Crippen molar-refractivity contribution in [3.05, 3.63) is 17.8 Å². The zero-order valence-corrected chi connectivity index (χ0v) is 15.5. The molecule has 1 unspecified atom stereocenters. The molecule has 0 aromatic carbocycles. The second-order valence-corrected chi connectivity index (χ2v) is 9.70. The lowest BCUT2D eigenvalue weighted by atomic mass is 9.48. The van der Waals surface area contributed by atoms with Gasteiger partial charge in [0, 0.05) is 5.41 Å². The van der Waals surface area contributed by atoms with Crippen molar-refractivity contribution in [3.63, 3.8) is 0 Å². The SMILES string of the molecule is CC(N=Nc1ccc(C(C)(C)C)nn1)C12CC3CC(CC(C3)C1)C2. The Hall–Kier alpha value is -1.32. The van der Waals surface area contributed by atoms with Crippen LogP contribution < -0.4 is 0 Å². The van der Waals surface area contributed by atoms with E-state index in [4.69, 9.17) is 5.11 Å². The fourth-order valence-corrected chi connectivity index (χ4v) is 5.74. The second-order valence-electron chi connectivity index (χ2n) is 9.70. The smallest absolute Gasteiger partial charge is 0.183 e. The number of hydrogen-bond acceptors (Lipinski definition) is 4. The van der Waals surface area contributed by atoms with Crippen molar-refractivity contribution in [1.82, 2.24) is 10.2 Å². The van der Waals surface area contributed by atoms with Crippen LogP contribution in [0.4, 0.5) is 5.82 Å². The van der Waals surface area contributed by atoms with Gasteiger partial charge in [0.15, 0.2) is 5.82 Å². The van der Waals surface area contributed by atoms with Crippen molar-refractivity contribution < 1.29 is 0 Å². The first-order valence-corrected chi connectivity index (χ1v) is 9.59. The molecular weight excluding hydrogens is 296 g/mol. The number of aromatic nitrogens is 2. The number of nitrogens with zero attached hydrogens (tertiary/aromatic N) is 4. The van der Waals surface area contributed by atoms with E-state index in [2.05, 4.69) is 43.0 Å². The molecule has 4 bridgehead atoms. The van der Waals surface area contributed by atoms with Gasteiger partial charge in [-0.3, -0.25) is 0 Å². The fraction of sp³-hybridized carbons (Fsp3) is 0.800. The average molecular weight is 326 g/mol. The first kappa shape index (κ1) is 16.2. The van der Waals surface area contributed by atoms with Crippen LogP contribution in [0.3, 0.4) is 0 Å². The van der Waals surface area contributed by atoms with E-state index in [1.807, 2.05) is 12.1 Å². The molecule has 4 fully saturated rings. The molecule has 1 aromatic rings. The molecule has 0 saturated heterocycles. The summed E-state index contributed by atoms with van der Waals surface area (Å²) in [6.07, 6.45) is 8.53. The highest BCUT2D eigenvalue weighted by Crippen LogP contribution is 2.61. The van der Waals surface area contributed by atoms with Crippen LogP contribution >= 0.6 is 0 Å². The highest BCUT2D eigenvalue weighted by molar-refractivity contribution is 5.26. The van der Waals surface area contributed by atoms with Gasteiger partial charge < -0.3 is 0 Å². The van der Waals surface area contributed by atoms with E-state index in [0.29, 0.717) is 17.3 Å². The van der Waals surface area contributed by atoms with Gasteiger partial charge in [-0.15, -0.1) is 10.2 Å². The summed E-state index contributed by atoms with van der Waals surface area (Å²) in [6, 6.07) is 4.27. The van der Waals surface area contributed by atoms with Gasteiger partial charge in [-0.25, -0.2) is 0 Å². The Kier molecular flexibility index (Phi) is 3.77. The molecule has 0 spiro atoms. The summed E-state index contributed by atoms with van der Waals surface area (Å²) in [4.78, 5) is 0. The molecule has 4 saturated carbocycles. The van der Waals surface area contributed by atoms with E-state index in [9.17, 15) is 0 Å². The van der Waals surface area contributed by atoms with Gasteiger partial charge in [0.1, 0.15) is 0 Å². The summed E-state index contributed by atoms with van der Waals surface area (Å²) in [5.74, 6) is 3.51. The third kappa shape index (κ3) is 2.89. The lowest BCUT2D eigenvalue weighted by molar-refractivity contribution is -0.0643. The minimum absolute atomic E-state index is 0.0230. The number of hydrogen-bond donors (Lipinski definition) is 0. The maximum absolute atomic E-state index is 4.70. The Balaban J connectivity index is 1.48. The topological polar surface area (TPSA) is 50.5 Å². The molecule has 0 amide bonds. The molecule has 4 heteroatoms. The monoisotopic (exact) mass is 326 g/mol. The van der Waals surface area contributed by atoms with Crippen LogP contribution in [0.15, 0.2) is 22.4 Å². The predicted molar refractivity (Wildman–Crippen MR) is 95.3 cm³/mol. The van der Waals surface area contributed by atoms with Gasteiger partial charge in [0.2, 0.25) is 0 Å². The highest BCUT2D eigenvalue weighted by Gasteiger charge is 2.53. The van der Waals surface area contributed by atoms with E-state index in [0.717, 1.165) is 23.4 Å². The van der Waals surface area contributed by atoms with Crippen molar-refractivity contribution in [3.8, 4) is 0 Å². The second kappa shape index (κ2) is 5.60. The summed E-state index contributed by atoms with van der Waals surface area (Å²) in [5.41, 5.74) is 1.43. The molecule has 4 aliphatic rings. The van der Waals surface area contributed by atoms with Crippen LogP contribution in [0, 0.1) is 23.2 Å². The van der Waals surface area contributed by atoms with E-state index in [-0.39, 0.29) is 5.41 Å². The number of azo groups is 1. The van der Waals surface area contributed by atoms with Gasteiger partial charge >= 0.3 is 0 Å². The van der Waals surface area contributed by atoms with Gasteiger partial charge in [-0.1, -0.05) is 20.8 Å². The summed E-state index contributed by atoms with van der Waals surface area (Å²) in [6.45, 7) is 8.71. The van der Waals surface area contributed by atoms with Crippen molar-refractivity contribution in [2.45, 2.75) is 77.7 Å². The van der Waals surface area contributed by atoms with Gasteiger partial charge in [0.25, 0.3) is 0 Å². The quantitative estimate of drug-likeness (QED) is 0.692. The Morgan fingerprint density at radius 1 is 1.00 bits per heavy atom. The Morgan fingerprint density at radius 3 is 2.04 bits per heavy atom. The van der Waals surface area contributed by atoms with Crippen LogP contribution in [0.1, 0.15) is 71.9 Å².